The van der Waals surface area contributed by atoms with E-state index in [1.165, 1.54) is 10.0 Å². The number of benzene rings is 1. The van der Waals surface area contributed by atoms with Gasteiger partial charge in [-0.2, -0.15) is 0 Å². The number of rotatable bonds is 1. The molecule has 3 nitrogen and oxygen atoms in total. The first-order chi connectivity index (χ1) is 8.22. The first kappa shape index (κ1) is 11.4. The van der Waals surface area contributed by atoms with Crippen LogP contribution in [0.5, 0.6) is 0 Å². The molecule has 6 heteroatoms. The molecule has 86 valence electrons. The Hall–Kier alpha value is -0.681. The van der Waals surface area contributed by atoms with E-state index in [4.69, 9.17) is 0 Å². The predicted molar refractivity (Wildman–Crippen MR) is 74.5 cm³/mol. The van der Waals surface area contributed by atoms with Gasteiger partial charge in [-0.25, -0.2) is 0 Å². The first-order valence-corrected chi connectivity index (χ1v) is 7.54. The van der Waals surface area contributed by atoms with Crippen LogP contribution in [0.15, 0.2) is 40.4 Å². The van der Waals surface area contributed by atoms with E-state index in [1.807, 2.05) is 0 Å². The summed E-state index contributed by atoms with van der Waals surface area (Å²) in [7, 11) is 0. The summed E-state index contributed by atoms with van der Waals surface area (Å²) in [6.07, 6.45) is 0. The molecule has 2 heterocycles. The third-order valence-corrected chi connectivity index (χ3v) is 5.19. The minimum absolute atomic E-state index is 0.248. The quantitative estimate of drug-likeness (QED) is 0.471. The number of aromatic nitrogens is 2. The van der Waals surface area contributed by atoms with Gasteiger partial charge >= 0.3 is 117 Å². The molecular formula is C11H9N3S2Se. The summed E-state index contributed by atoms with van der Waals surface area (Å²) in [4.78, 5) is 8.69. The second kappa shape index (κ2) is 4.53. The molecule has 0 amide bonds. The molecular weight excluding hydrogens is 317 g/mol. The van der Waals surface area contributed by atoms with Crippen molar-refractivity contribution in [2.24, 2.45) is 0 Å². The fourth-order valence-electron chi connectivity index (χ4n) is 1.66. The van der Waals surface area contributed by atoms with Crippen LogP contribution in [0.1, 0.15) is 5.56 Å². The summed E-state index contributed by atoms with van der Waals surface area (Å²) in [6, 6.07) is 10.2. The summed E-state index contributed by atoms with van der Waals surface area (Å²) < 4.78 is 3.59. The van der Waals surface area contributed by atoms with Gasteiger partial charge < -0.3 is 0 Å². The number of thiol groups is 2. The topological polar surface area (TPSA) is 29.0 Å². The summed E-state index contributed by atoms with van der Waals surface area (Å²) in [5, 5.41) is 1.32. The monoisotopic (exact) mass is 327 g/mol. The van der Waals surface area contributed by atoms with E-state index >= 15 is 0 Å². The van der Waals surface area contributed by atoms with Crippen LogP contribution in [0.4, 0.5) is 5.95 Å². The molecule has 0 unspecified atom stereocenters. The molecule has 1 aliphatic heterocycles. The fraction of sp³-hybridized carbons (Fsp3) is 0.0909. The van der Waals surface area contributed by atoms with Gasteiger partial charge in [0.1, 0.15) is 0 Å². The maximum atomic E-state index is 4.34. The van der Waals surface area contributed by atoms with Crippen molar-refractivity contribution in [2.75, 3.05) is 3.92 Å². The van der Waals surface area contributed by atoms with Crippen molar-refractivity contribution >= 4 is 50.8 Å². The van der Waals surface area contributed by atoms with Crippen LogP contribution >= 0.6 is 25.3 Å². The third-order valence-electron chi connectivity index (χ3n) is 2.41. The van der Waals surface area contributed by atoms with Crippen LogP contribution in [0.25, 0.3) is 0 Å². The standard InChI is InChI=1S/C11H9N3S2Se/c15-9-5-10(16)13-11(12-9)14-6-7-3-1-2-4-8(7)17-14/h1-5H,6H2,(H2,12,13,15,16). The molecule has 0 bridgehead atoms. The summed E-state index contributed by atoms with van der Waals surface area (Å²) in [5.41, 5.74) is 1.36. The predicted octanol–water partition coefficient (Wildman–Crippen LogP) is 1.32. The Morgan fingerprint density at radius 1 is 1.12 bits per heavy atom. The molecule has 3 rings (SSSR count). The second-order valence-electron chi connectivity index (χ2n) is 3.62. The Kier molecular flexibility index (Phi) is 3.04. The zero-order chi connectivity index (χ0) is 11.8. The van der Waals surface area contributed by atoms with Gasteiger partial charge in [0.25, 0.3) is 0 Å². The van der Waals surface area contributed by atoms with Gasteiger partial charge in [0, 0.05) is 0 Å². The molecule has 0 N–H and O–H groups in total. The van der Waals surface area contributed by atoms with Crippen molar-refractivity contribution in [3.63, 3.8) is 0 Å². The molecule has 1 aromatic carbocycles. The first-order valence-electron chi connectivity index (χ1n) is 5.03. The third kappa shape index (κ3) is 2.31. The Labute approximate surface area is 117 Å². The molecule has 0 aliphatic carbocycles. The van der Waals surface area contributed by atoms with E-state index < -0.39 is 0 Å². The van der Waals surface area contributed by atoms with Gasteiger partial charge in [0.05, 0.1) is 0 Å². The molecule has 0 saturated heterocycles. The number of fused-ring (bicyclic) bond motifs is 1. The van der Waals surface area contributed by atoms with Crippen molar-refractivity contribution in [3.05, 3.63) is 35.9 Å². The van der Waals surface area contributed by atoms with E-state index in [0.29, 0.717) is 10.1 Å². The number of hydrogen-bond acceptors (Lipinski definition) is 5. The molecule has 0 atom stereocenters. The number of anilines is 1. The van der Waals surface area contributed by atoms with Crippen molar-refractivity contribution in [3.8, 4) is 0 Å². The van der Waals surface area contributed by atoms with E-state index in [2.05, 4.69) is 63.4 Å². The van der Waals surface area contributed by atoms with Crippen LogP contribution in [0, 0.1) is 0 Å². The zero-order valence-electron chi connectivity index (χ0n) is 8.74. The Morgan fingerprint density at radius 2 is 1.82 bits per heavy atom. The average molecular weight is 326 g/mol. The van der Waals surface area contributed by atoms with E-state index in [-0.39, 0.29) is 15.2 Å². The Bertz CT molecular complexity index is 531. The van der Waals surface area contributed by atoms with Crippen molar-refractivity contribution in [1.29, 1.82) is 0 Å². The van der Waals surface area contributed by atoms with Gasteiger partial charge in [0.15, 0.2) is 0 Å². The van der Waals surface area contributed by atoms with Gasteiger partial charge in [0.2, 0.25) is 0 Å². The molecule has 1 aliphatic rings. The molecule has 17 heavy (non-hydrogen) atoms. The van der Waals surface area contributed by atoms with E-state index in [9.17, 15) is 0 Å². The minimum atomic E-state index is 0.248. The van der Waals surface area contributed by atoms with Gasteiger partial charge in [-0.05, 0) is 0 Å². The van der Waals surface area contributed by atoms with Crippen molar-refractivity contribution in [2.45, 2.75) is 16.6 Å². The van der Waals surface area contributed by atoms with E-state index in [0.717, 1.165) is 12.5 Å². The molecule has 1 aromatic heterocycles. The molecule has 0 spiro atoms. The maximum absolute atomic E-state index is 4.34. The van der Waals surface area contributed by atoms with E-state index in [1.54, 1.807) is 6.07 Å². The van der Waals surface area contributed by atoms with Crippen LogP contribution in [-0.2, 0) is 6.54 Å². The number of nitrogens with zero attached hydrogens (tertiary/aromatic N) is 3. The summed E-state index contributed by atoms with van der Waals surface area (Å²) in [5.74, 6) is 0.721. The Morgan fingerprint density at radius 3 is 2.53 bits per heavy atom. The molecule has 2 aromatic rings. The van der Waals surface area contributed by atoms with Crippen molar-refractivity contribution < 1.29 is 0 Å². The van der Waals surface area contributed by atoms with Crippen LogP contribution in [0.2, 0.25) is 0 Å². The van der Waals surface area contributed by atoms with Crippen LogP contribution in [-0.4, -0.2) is 25.1 Å². The summed E-state index contributed by atoms with van der Waals surface area (Å²) in [6.45, 7) is 0.876. The van der Waals surface area contributed by atoms with Crippen LogP contribution < -0.4 is 8.38 Å². The normalized spacial score (nSPS) is 13.9. The van der Waals surface area contributed by atoms with Gasteiger partial charge in [-0.1, -0.05) is 0 Å². The average Bonchev–Trinajstić information content (AvgIpc) is 2.71. The zero-order valence-corrected chi connectivity index (χ0v) is 12.2. The molecule has 0 fully saturated rings. The SMILES string of the molecule is Sc1cc(S)nc(N2Cc3ccccc3[Se]2)n1. The van der Waals surface area contributed by atoms with Crippen molar-refractivity contribution in [1.82, 2.24) is 9.97 Å². The Balaban J connectivity index is 1.93. The molecule has 0 saturated carbocycles. The van der Waals surface area contributed by atoms with Crippen LogP contribution in [0.3, 0.4) is 0 Å². The summed E-state index contributed by atoms with van der Waals surface area (Å²) >= 11 is 8.77. The molecule has 0 radical (unpaired) electrons. The second-order valence-corrected chi connectivity index (χ2v) is 6.77. The van der Waals surface area contributed by atoms with Gasteiger partial charge in [-0.15, -0.1) is 0 Å². The fourth-order valence-corrected chi connectivity index (χ4v) is 4.27. The number of hydrogen-bond donors (Lipinski definition) is 2. The van der Waals surface area contributed by atoms with Gasteiger partial charge in [-0.3, -0.25) is 0 Å².